The van der Waals surface area contributed by atoms with Crippen molar-refractivity contribution in [3.63, 3.8) is 0 Å². The maximum atomic E-state index is 12.2. The summed E-state index contributed by atoms with van der Waals surface area (Å²) in [4.78, 5) is 16.3. The minimum atomic E-state index is -0.0771. The fourth-order valence-corrected chi connectivity index (χ4v) is 2.79. The van der Waals surface area contributed by atoms with Gasteiger partial charge in [0.2, 0.25) is 5.91 Å². The lowest BCUT2D eigenvalue weighted by Gasteiger charge is -2.25. The van der Waals surface area contributed by atoms with Crippen LogP contribution in [0.5, 0.6) is 0 Å². The number of aryl methyl sites for hydroxylation is 1. The molecule has 0 aromatic carbocycles. The van der Waals surface area contributed by atoms with Crippen molar-refractivity contribution in [1.82, 2.24) is 20.5 Å². The van der Waals surface area contributed by atoms with Gasteiger partial charge >= 0.3 is 0 Å². The van der Waals surface area contributed by atoms with Crippen molar-refractivity contribution < 1.29 is 4.79 Å². The zero-order valence-electron chi connectivity index (χ0n) is 11.0. The smallest absolute Gasteiger partial charge is 0.226 e. The highest BCUT2D eigenvalue weighted by atomic mass is 16.2. The minimum Gasteiger partial charge on any atom is -0.356 e. The number of aromatic nitrogens is 3. The lowest BCUT2D eigenvalue weighted by atomic mass is 9.82. The lowest BCUT2D eigenvalue weighted by molar-refractivity contribution is -0.131. The van der Waals surface area contributed by atoms with Crippen molar-refractivity contribution in [3.05, 3.63) is 12.2 Å². The number of H-pyrrole nitrogens is 1. The molecular formula is C13H22N4O. The second kappa shape index (κ2) is 5.98. The molecule has 0 spiro atoms. The van der Waals surface area contributed by atoms with Gasteiger partial charge in [0.1, 0.15) is 12.2 Å². The lowest BCUT2D eigenvalue weighted by Crippen LogP contribution is -2.39. The van der Waals surface area contributed by atoms with Crippen LogP contribution in [0.2, 0.25) is 0 Å². The quantitative estimate of drug-likeness (QED) is 0.757. The average Bonchev–Trinajstić information content (AvgIpc) is 3.05. The number of nitrogens with one attached hydrogen (secondary N) is 2. The zero-order chi connectivity index (χ0) is 12.8. The van der Waals surface area contributed by atoms with Gasteiger partial charge in [-0.15, -0.1) is 0 Å². The van der Waals surface area contributed by atoms with Gasteiger partial charge < -0.3 is 5.32 Å². The third-order valence-corrected chi connectivity index (χ3v) is 4.06. The van der Waals surface area contributed by atoms with E-state index < -0.39 is 0 Å². The van der Waals surface area contributed by atoms with Crippen LogP contribution in [0.1, 0.15) is 51.3 Å². The normalized spacial score (nSPS) is 17.8. The first-order valence-corrected chi connectivity index (χ1v) is 6.89. The first-order chi connectivity index (χ1) is 8.77. The average molecular weight is 250 g/mol. The van der Waals surface area contributed by atoms with Crippen LogP contribution in [0.25, 0.3) is 0 Å². The molecule has 1 amide bonds. The standard InChI is InChI=1S/C13H22N4O/c1-2-13(7-3-4-8-13)12(18)14-9-5-6-11-15-10-16-17-11/h10H,2-9H2,1H3,(H,14,18)(H,15,16,17). The summed E-state index contributed by atoms with van der Waals surface area (Å²) in [6, 6.07) is 0. The van der Waals surface area contributed by atoms with E-state index in [1.165, 1.54) is 19.2 Å². The van der Waals surface area contributed by atoms with Gasteiger partial charge in [0.25, 0.3) is 0 Å². The molecule has 18 heavy (non-hydrogen) atoms. The van der Waals surface area contributed by atoms with Gasteiger partial charge in [0.15, 0.2) is 0 Å². The van der Waals surface area contributed by atoms with Crippen LogP contribution >= 0.6 is 0 Å². The van der Waals surface area contributed by atoms with E-state index in [9.17, 15) is 4.79 Å². The minimum absolute atomic E-state index is 0.0771. The van der Waals surface area contributed by atoms with E-state index >= 15 is 0 Å². The Hall–Kier alpha value is -1.39. The predicted octanol–water partition coefficient (Wildman–Crippen LogP) is 1.82. The molecule has 2 N–H and O–H groups in total. The summed E-state index contributed by atoms with van der Waals surface area (Å²) in [5, 5.41) is 9.70. The second-order valence-electron chi connectivity index (χ2n) is 5.13. The summed E-state index contributed by atoms with van der Waals surface area (Å²) in [5.74, 6) is 1.13. The molecule has 100 valence electrons. The number of amides is 1. The summed E-state index contributed by atoms with van der Waals surface area (Å²) < 4.78 is 0. The summed E-state index contributed by atoms with van der Waals surface area (Å²) in [6.07, 6.45) is 8.70. The van der Waals surface area contributed by atoms with Gasteiger partial charge in [-0.3, -0.25) is 9.89 Å². The third kappa shape index (κ3) is 2.89. The van der Waals surface area contributed by atoms with Crippen molar-refractivity contribution in [2.45, 2.75) is 51.9 Å². The number of aromatic amines is 1. The molecule has 0 bridgehead atoms. The van der Waals surface area contributed by atoms with Crippen molar-refractivity contribution in [3.8, 4) is 0 Å². The van der Waals surface area contributed by atoms with Crippen LogP contribution in [-0.4, -0.2) is 27.6 Å². The van der Waals surface area contributed by atoms with Crippen LogP contribution < -0.4 is 5.32 Å². The maximum absolute atomic E-state index is 12.2. The van der Waals surface area contributed by atoms with Gasteiger partial charge in [0, 0.05) is 18.4 Å². The fraction of sp³-hybridized carbons (Fsp3) is 0.769. The van der Waals surface area contributed by atoms with Crippen molar-refractivity contribution in [2.75, 3.05) is 6.54 Å². The molecule has 0 radical (unpaired) electrons. The third-order valence-electron chi connectivity index (χ3n) is 4.06. The molecule has 1 aliphatic rings. The molecule has 5 heteroatoms. The molecule has 1 heterocycles. The summed E-state index contributed by atoms with van der Waals surface area (Å²) >= 11 is 0. The Morgan fingerprint density at radius 2 is 2.28 bits per heavy atom. The topological polar surface area (TPSA) is 70.7 Å². The van der Waals surface area contributed by atoms with Crippen LogP contribution in [-0.2, 0) is 11.2 Å². The van der Waals surface area contributed by atoms with Crippen molar-refractivity contribution >= 4 is 5.91 Å². The highest BCUT2D eigenvalue weighted by Crippen LogP contribution is 2.40. The molecule has 0 aliphatic heterocycles. The number of rotatable bonds is 6. The molecule has 5 nitrogen and oxygen atoms in total. The number of carbonyl (C=O) groups excluding carboxylic acids is 1. The molecule has 0 atom stereocenters. The summed E-state index contributed by atoms with van der Waals surface area (Å²) in [6.45, 7) is 2.85. The fourth-order valence-electron chi connectivity index (χ4n) is 2.79. The molecule has 1 aromatic rings. The zero-order valence-corrected chi connectivity index (χ0v) is 11.0. The summed E-state index contributed by atoms with van der Waals surface area (Å²) in [7, 11) is 0. The van der Waals surface area contributed by atoms with Crippen LogP contribution in [0.3, 0.4) is 0 Å². The van der Waals surface area contributed by atoms with E-state index in [1.807, 2.05) is 0 Å². The van der Waals surface area contributed by atoms with Crippen LogP contribution in [0, 0.1) is 5.41 Å². The van der Waals surface area contributed by atoms with E-state index in [-0.39, 0.29) is 11.3 Å². The number of hydrogen-bond acceptors (Lipinski definition) is 3. The largest absolute Gasteiger partial charge is 0.356 e. The number of carbonyl (C=O) groups is 1. The Balaban J connectivity index is 1.71. The van der Waals surface area contributed by atoms with Gasteiger partial charge in [0.05, 0.1) is 0 Å². The van der Waals surface area contributed by atoms with E-state index in [2.05, 4.69) is 27.4 Å². The highest BCUT2D eigenvalue weighted by Gasteiger charge is 2.38. The molecular weight excluding hydrogens is 228 g/mol. The Labute approximate surface area is 108 Å². The Kier molecular flexibility index (Phi) is 4.33. The van der Waals surface area contributed by atoms with Crippen LogP contribution in [0.4, 0.5) is 0 Å². The van der Waals surface area contributed by atoms with E-state index in [0.29, 0.717) is 0 Å². The first kappa shape index (κ1) is 13.1. The second-order valence-corrected chi connectivity index (χ2v) is 5.13. The van der Waals surface area contributed by atoms with Gasteiger partial charge in [-0.25, -0.2) is 4.98 Å². The monoisotopic (exact) mass is 250 g/mol. The van der Waals surface area contributed by atoms with Gasteiger partial charge in [-0.2, -0.15) is 5.10 Å². The molecule has 1 aromatic heterocycles. The number of hydrogen-bond donors (Lipinski definition) is 2. The van der Waals surface area contributed by atoms with Crippen LogP contribution in [0.15, 0.2) is 6.33 Å². The molecule has 1 saturated carbocycles. The van der Waals surface area contributed by atoms with Crippen molar-refractivity contribution in [2.24, 2.45) is 5.41 Å². The molecule has 0 saturated heterocycles. The van der Waals surface area contributed by atoms with Crippen molar-refractivity contribution in [1.29, 1.82) is 0 Å². The van der Waals surface area contributed by atoms with E-state index in [1.54, 1.807) is 0 Å². The van der Waals surface area contributed by atoms with E-state index in [0.717, 1.165) is 44.5 Å². The van der Waals surface area contributed by atoms with Gasteiger partial charge in [-0.1, -0.05) is 19.8 Å². The molecule has 1 fully saturated rings. The summed E-state index contributed by atoms with van der Waals surface area (Å²) in [5.41, 5.74) is -0.0771. The number of nitrogens with zero attached hydrogens (tertiary/aromatic N) is 2. The maximum Gasteiger partial charge on any atom is 0.226 e. The Bertz CT molecular complexity index is 368. The highest BCUT2D eigenvalue weighted by molar-refractivity contribution is 5.82. The first-order valence-electron chi connectivity index (χ1n) is 6.89. The van der Waals surface area contributed by atoms with E-state index in [4.69, 9.17) is 0 Å². The van der Waals surface area contributed by atoms with Gasteiger partial charge in [-0.05, 0) is 25.7 Å². The Morgan fingerprint density at radius 3 is 2.89 bits per heavy atom. The predicted molar refractivity (Wildman–Crippen MR) is 68.9 cm³/mol. The molecule has 0 unspecified atom stereocenters. The molecule has 2 rings (SSSR count). The molecule has 1 aliphatic carbocycles. The Morgan fingerprint density at radius 1 is 1.50 bits per heavy atom. The SMILES string of the molecule is CCC1(C(=O)NCCCc2ncn[nH]2)CCCC1.